The molecule has 214 valence electrons. The highest BCUT2D eigenvalue weighted by Crippen LogP contribution is 2.53. The van der Waals surface area contributed by atoms with E-state index in [2.05, 4.69) is 41.4 Å². The van der Waals surface area contributed by atoms with E-state index >= 15 is 0 Å². The van der Waals surface area contributed by atoms with Gasteiger partial charge < -0.3 is 10.2 Å². The predicted molar refractivity (Wildman–Crippen MR) is 174 cm³/mol. The Bertz CT molecular complexity index is 1590. The molecule has 4 aromatic rings. The number of thioether (sulfide) groups is 1. The third-order valence-electron chi connectivity index (χ3n) is 7.62. The molecule has 1 fully saturated rings. The van der Waals surface area contributed by atoms with E-state index in [1.54, 1.807) is 0 Å². The summed E-state index contributed by atoms with van der Waals surface area (Å²) >= 11 is 15.8. The number of aryl methyl sites for hydroxylation is 1. The minimum atomic E-state index is -0.918. The fourth-order valence-corrected chi connectivity index (χ4v) is 8.17. The first-order valence-corrected chi connectivity index (χ1v) is 16.3. The van der Waals surface area contributed by atoms with E-state index in [4.69, 9.17) is 23.2 Å². The Labute approximate surface area is 259 Å². The van der Waals surface area contributed by atoms with Crippen LogP contribution in [-0.4, -0.2) is 26.9 Å². The summed E-state index contributed by atoms with van der Waals surface area (Å²) in [4.78, 5) is 16.2. The zero-order valence-corrected chi connectivity index (χ0v) is 26.2. The molecule has 1 atom stereocenters. The van der Waals surface area contributed by atoms with Gasteiger partial charge in [-0.3, -0.25) is 4.79 Å². The van der Waals surface area contributed by atoms with Gasteiger partial charge in [0.25, 0.3) is 0 Å². The molecule has 0 saturated heterocycles. The van der Waals surface area contributed by atoms with Crippen LogP contribution in [0.1, 0.15) is 72.7 Å². The van der Waals surface area contributed by atoms with Crippen LogP contribution in [0.5, 0.6) is 0 Å². The average Bonchev–Trinajstić information content (AvgIpc) is 3.63. The van der Waals surface area contributed by atoms with Crippen molar-refractivity contribution >= 4 is 74.6 Å². The van der Waals surface area contributed by atoms with Crippen LogP contribution >= 0.6 is 46.3 Å². The maximum absolute atomic E-state index is 11.5. The van der Waals surface area contributed by atoms with Crippen LogP contribution in [0.25, 0.3) is 22.4 Å². The van der Waals surface area contributed by atoms with E-state index in [0.717, 1.165) is 64.0 Å². The standard InChI is InChI=1S/C33H33Cl2NO3S2/c1-32(2,39)25-9-4-3-7-22(25)11-14-26(40-20-33(16-17-33)19-28(37)38)23-8-5-6-21(18-23)10-12-24-13-15-27-30(36-24)29(34)31(35)41-27/h3-10,12-13,15,18,26,39H,11,14,16-17,19-20H2,1-2H3,(H,37,38). The first kappa shape index (κ1) is 30.1. The molecular weight excluding hydrogens is 593 g/mol. The Balaban J connectivity index is 1.38. The number of nitrogens with zero attached hydrogens (tertiary/aromatic N) is 1. The lowest BCUT2D eigenvalue weighted by molar-refractivity contribution is -0.138. The van der Waals surface area contributed by atoms with Crippen LogP contribution in [-0.2, 0) is 16.8 Å². The van der Waals surface area contributed by atoms with Gasteiger partial charge in [-0.25, -0.2) is 4.98 Å². The number of thiophene rings is 1. The summed E-state index contributed by atoms with van der Waals surface area (Å²) in [6.45, 7) is 3.65. The fraction of sp³-hybridized carbons (Fsp3) is 0.333. The summed E-state index contributed by atoms with van der Waals surface area (Å²) < 4.78 is 1.51. The van der Waals surface area contributed by atoms with Gasteiger partial charge in [0.2, 0.25) is 0 Å². The number of hydrogen-bond acceptors (Lipinski definition) is 5. The summed E-state index contributed by atoms with van der Waals surface area (Å²) in [5.41, 5.74) is 4.87. The predicted octanol–water partition coefficient (Wildman–Crippen LogP) is 9.66. The van der Waals surface area contributed by atoms with Crippen molar-refractivity contribution in [2.75, 3.05) is 5.75 Å². The first-order valence-electron chi connectivity index (χ1n) is 13.7. The molecule has 0 aliphatic heterocycles. The normalized spacial score (nSPS) is 15.4. The number of carbonyl (C=O) groups is 1. The number of rotatable bonds is 12. The van der Waals surface area contributed by atoms with Crippen molar-refractivity contribution in [2.24, 2.45) is 5.41 Å². The fourth-order valence-electron chi connectivity index (χ4n) is 5.19. The Kier molecular flexibility index (Phi) is 9.17. The maximum atomic E-state index is 11.5. The molecule has 2 N–H and O–H groups in total. The second-order valence-corrected chi connectivity index (χ2v) is 14.6. The van der Waals surface area contributed by atoms with E-state index in [0.29, 0.717) is 9.36 Å². The smallest absolute Gasteiger partial charge is 0.303 e. The minimum Gasteiger partial charge on any atom is -0.481 e. The molecule has 2 aromatic heterocycles. The van der Waals surface area contributed by atoms with Crippen molar-refractivity contribution in [3.63, 3.8) is 0 Å². The topological polar surface area (TPSA) is 70.4 Å². The lowest BCUT2D eigenvalue weighted by Gasteiger charge is -2.24. The van der Waals surface area contributed by atoms with Gasteiger partial charge in [-0.2, -0.15) is 11.8 Å². The van der Waals surface area contributed by atoms with Gasteiger partial charge in [0.05, 0.1) is 27.4 Å². The molecule has 0 bridgehead atoms. The second kappa shape index (κ2) is 12.5. The van der Waals surface area contributed by atoms with Crippen LogP contribution in [0, 0.1) is 5.41 Å². The molecule has 1 aliphatic carbocycles. The molecular formula is C33H33Cl2NO3S2. The highest BCUT2D eigenvalue weighted by molar-refractivity contribution is 7.99. The Morgan fingerprint density at radius 2 is 1.90 bits per heavy atom. The minimum absolute atomic E-state index is 0.0899. The van der Waals surface area contributed by atoms with Crippen LogP contribution in [0.4, 0.5) is 0 Å². The molecule has 8 heteroatoms. The van der Waals surface area contributed by atoms with Crippen LogP contribution < -0.4 is 0 Å². The molecule has 1 aliphatic rings. The summed E-state index contributed by atoms with van der Waals surface area (Å²) in [5, 5.41) is 20.8. The van der Waals surface area contributed by atoms with E-state index in [-0.39, 0.29) is 17.1 Å². The van der Waals surface area contributed by atoms with Crippen LogP contribution in [0.2, 0.25) is 9.36 Å². The average molecular weight is 627 g/mol. The molecule has 2 aromatic carbocycles. The third-order valence-corrected chi connectivity index (χ3v) is 11.2. The van der Waals surface area contributed by atoms with E-state index in [9.17, 15) is 15.0 Å². The molecule has 0 radical (unpaired) electrons. The number of carboxylic acids is 1. The van der Waals surface area contributed by atoms with Gasteiger partial charge >= 0.3 is 5.97 Å². The van der Waals surface area contributed by atoms with Crippen molar-refractivity contribution in [2.45, 2.75) is 56.8 Å². The lowest BCUT2D eigenvalue weighted by Crippen LogP contribution is -2.18. The third kappa shape index (κ3) is 7.54. The van der Waals surface area contributed by atoms with E-state index in [1.165, 1.54) is 16.9 Å². The van der Waals surface area contributed by atoms with Gasteiger partial charge in [-0.15, -0.1) is 11.3 Å². The molecule has 1 saturated carbocycles. The molecule has 0 amide bonds. The number of carboxylic acid groups (broad SMARTS) is 1. The molecule has 4 nitrogen and oxygen atoms in total. The van der Waals surface area contributed by atoms with Crippen molar-refractivity contribution in [3.05, 3.63) is 98.0 Å². The van der Waals surface area contributed by atoms with E-state index < -0.39 is 11.6 Å². The van der Waals surface area contributed by atoms with Crippen molar-refractivity contribution < 1.29 is 15.0 Å². The summed E-state index contributed by atoms with van der Waals surface area (Å²) in [5.74, 6) is 0.106. The Hall–Kier alpha value is -2.35. The molecule has 5 rings (SSSR count). The van der Waals surface area contributed by atoms with Crippen LogP contribution in [0.15, 0.2) is 60.7 Å². The van der Waals surface area contributed by atoms with Gasteiger partial charge in [0.15, 0.2) is 0 Å². The Morgan fingerprint density at radius 3 is 2.63 bits per heavy atom. The van der Waals surface area contributed by atoms with Crippen molar-refractivity contribution in [1.29, 1.82) is 0 Å². The second-order valence-electron chi connectivity index (χ2n) is 11.4. The SMILES string of the molecule is CC(C)(O)c1ccccc1CCC(SCC1(CC(=O)O)CC1)c1cccc(C=Cc2ccc3sc(Cl)c(Cl)c3n2)c1. The summed E-state index contributed by atoms with van der Waals surface area (Å²) in [7, 11) is 0. The van der Waals surface area contributed by atoms with Gasteiger partial charge in [-0.1, -0.05) is 77.8 Å². The van der Waals surface area contributed by atoms with E-state index in [1.807, 2.05) is 62.0 Å². The molecule has 1 unspecified atom stereocenters. The molecule has 0 spiro atoms. The van der Waals surface area contributed by atoms with Crippen molar-refractivity contribution in [1.82, 2.24) is 4.98 Å². The monoisotopic (exact) mass is 625 g/mol. The molecule has 2 heterocycles. The first-order chi connectivity index (χ1) is 19.5. The quantitative estimate of drug-likeness (QED) is 0.164. The lowest BCUT2D eigenvalue weighted by atomic mass is 9.90. The van der Waals surface area contributed by atoms with Gasteiger partial charge in [0.1, 0.15) is 9.85 Å². The van der Waals surface area contributed by atoms with Gasteiger partial charge in [-0.05, 0) is 85.4 Å². The summed E-state index contributed by atoms with van der Waals surface area (Å²) in [6, 6.07) is 20.5. The number of hydrogen-bond donors (Lipinski definition) is 2. The number of halogens is 2. The van der Waals surface area contributed by atoms with Crippen molar-refractivity contribution in [3.8, 4) is 0 Å². The Morgan fingerprint density at radius 1 is 1.12 bits per heavy atom. The summed E-state index contributed by atoms with van der Waals surface area (Å²) in [6.07, 6.45) is 7.90. The number of aliphatic hydroxyl groups is 1. The maximum Gasteiger partial charge on any atom is 0.303 e. The highest BCUT2D eigenvalue weighted by Gasteiger charge is 2.44. The number of aromatic nitrogens is 1. The molecule has 41 heavy (non-hydrogen) atoms. The number of benzene rings is 2. The van der Waals surface area contributed by atoms with Crippen LogP contribution in [0.3, 0.4) is 0 Å². The zero-order chi connectivity index (χ0) is 29.2. The number of aliphatic carboxylic acids is 1. The number of pyridine rings is 1. The van der Waals surface area contributed by atoms with Gasteiger partial charge in [0, 0.05) is 11.0 Å². The largest absolute Gasteiger partial charge is 0.481 e. The highest BCUT2D eigenvalue weighted by atomic mass is 35.5. The zero-order valence-electron chi connectivity index (χ0n) is 23.1. The number of fused-ring (bicyclic) bond motifs is 1.